The molecule has 2 heterocycles. The molecule has 0 unspecified atom stereocenters. The summed E-state index contributed by atoms with van der Waals surface area (Å²) in [6.07, 6.45) is 1.61. The zero-order valence-corrected chi connectivity index (χ0v) is 13.8. The van der Waals surface area contributed by atoms with E-state index < -0.39 is 5.69 Å². The van der Waals surface area contributed by atoms with Crippen molar-refractivity contribution in [2.75, 3.05) is 5.32 Å². The van der Waals surface area contributed by atoms with E-state index in [1.807, 2.05) is 54.6 Å². The van der Waals surface area contributed by atoms with Gasteiger partial charge in [0.2, 0.25) is 0 Å². The van der Waals surface area contributed by atoms with Crippen LogP contribution in [-0.4, -0.2) is 20.1 Å². The molecule has 4 aromatic rings. The molecule has 26 heavy (non-hydrogen) atoms. The fourth-order valence-electron chi connectivity index (χ4n) is 2.82. The third-order valence-electron chi connectivity index (χ3n) is 4.09. The molecule has 0 amide bonds. The largest absolute Gasteiger partial charge is 0.392 e. The summed E-state index contributed by atoms with van der Waals surface area (Å²) in [5.74, 6) is 0.558. The Kier molecular flexibility index (Phi) is 4.17. The highest BCUT2D eigenvalue weighted by Gasteiger charge is 2.06. The lowest BCUT2D eigenvalue weighted by molar-refractivity contribution is 0.282. The molecule has 0 radical (unpaired) electrons. The van der Waals surface area contributed by atoms with Gasteiger partial charge >= 0.3 is 5.69 Å². The first kappa shape index (κ1) is 16.0. The van der Waals surface area contributed by atoms with Crippen LogP contribution in [-0.2, 0) is 6.61 Å². The number of aromatic amines is 1. The molecular weight excluding hydrogens is 328 g/mol. The number of hydrogen-bond donors (Lipinski definition) is 3. The van der Waals surface area contributed by atoms with Crippen molar-refractivity contribution >= 4 is 22.5 Å². The lowest BCUT2D eigenvalue weighted by Crippen LogP contribution is -2.13. The molecule has 0 saturated carbocycles. The van der Waals surface area contributed by atoms with Gasteiger partial charge in [-0.1, -0.05) is 30.3 Å². The quantitative estimate of drug-likeness (QED) is 0.529. The molecule has 128 valence electrons. The van der Waals surface area contributed by atoms with E-state index in [4.69, 9.17) is 0 Å². The Morgan fingerprint density at radius 1 is 1.00 bits per heavy atom. The number of aromatic nitrogens is 3. The van der Waals surface area contributed by atoms with Crippen LogP contribution in [0.4, 0.5) is 11.5 Å². The first-order chi connectivity index (χ1) is 12.7. The molecule has 0 bridgehead atoms. The van der Waals surface area contributed by atoms with Gasteiger partial charge < -0.3 is 10.4 Å². The maximum atomic E-state index is 11.7. The number of rotatable bonds is 4. The highest BCUT2D eigenvalue weighted by Crippen LogP contribution is 2.25. The number of anilines is 2. The van der Waals surface area contributed by atoms with Gasteiger partial charge in [-0.25, -0.2) is 9.78 Å². The molecule has 2 aromatic carbocycles. The summed E-state index contributed by atoms with van der Waals surface area (Å²) in [6.45, 7) is 0.0179. The Morgan fingerprint density at radius 3 is 2.65 bits per heavy atom. The van der Waals surface area contributed by atoms with Gasteiger partial charge in [0.1, 0.15) is 5.82 Å². The predicted molar refractivity (Wildman–Crippen MR) is 101 cm³/mol. The van der Waals surface area contributed by atoms with Gasteiger partial charge in [-0.05, 0) is 47.0 Å². The number of hydrogen-bond acceptors (Lipinski definition) is 5. The Labute approximate surface area is 149 Å². The summed E-state index contributed by atoms with van der Waals surface area (Å²) in [5.41, 5.74) is 3.74. The van der Waals surface area contributed by atoms with Crippen molar-refractivity contribution < 1.29 is 5.11 Å². The van der Waals surface area contributed by atoms with Crippen molar-refractivity contribution in [3.8, 4) is 11.1 Å². The Balaban J connectivity index is 1.65. The van der Waals surface area contributed by atoms with Gasteiger partial charge in [-0.2, -0.15) is 4.98 Å². The van der Waals surface area contributed by atoms with Gasteiger partial charge in [-0.15, -0.1) is 0 Å². The smallest absolute Gasteiger partial charge is 0.348 e. The molecule has 0 atom stereocenters. The number of nitrogens with one attached hydrogen (secondary N) is 2. The first-order valence-corrected chi connectivity index (χ1v) is 8.15. The lowest BCUT2D eigenvalue weighted by atomic mass is 10.0. The van der Waals surface area contributed by atoms with E-state index in [2.05, 4.69) is 20.3 Å². The minimum Gasteiger partial charge on any atom is -0.392 e. The second kappa shape index (κ2) is 6.78. The number of aliphatic hydroxyl groups excluding tert-OH is 1. The normalized spacial score (nSPS) is 10.8. The maximum Gasteiger partial charge on any atom is 0.348 e. The summed E-state index contributed by atoms with van der Waals surface area (Å²) >= 11 is 0. The molecule has 0 spiro atoms. The van der Waals surface area contributed by atoms with E-state index in [-0.39, 0.29) is 6.61 Å². The average Bonchev–Trinajstić information content (AvgIpc) is 2.68. The fourth-order valence-corrected chi connectivity index (χ4v) is 2.82. The van der Waals surface area contributed by atoms with E-state index in [1.54, 1.807) is 12.3 Å². The maximum absolute atomic E-state index is 11.7. The van der Waals surface area contributed by atoms with E-state index in [9.17, 15) is 9.90 Å². The van der Waals surface area contributed by atoms with Crippen molar-refractivity contribution in [2.24, 2.45) is 0 Å². The van der Waals surface area contributed by atoms with E-state index in [0.717, 1.165) is 27.8 Å². The minimum atomic E-state index is -0.448. The van der Waals surface area contributed by atoms with Crippen LogP contribution in [0.3, 0.4) is 0 Å². The molecule has 0 aliphatic heterocycles. The van der Waals surface area contributed by atoms with Crippen LogP contribution < -0.4 is 11.0 Å². The standard InChI is InChI=1S/C20H16N4O2/c25-12-13-3-1-4-15(11-13)14-6-8-16(9-7-14)22-19-17-5-2-10-21-18(17)23-20(26)24-19/h1-11,25H,12H2,(H2,21,22,23,24,26). The molecule has 0 saturated heterocycles. The van der Waals surface area contributed by atoms with E-state index >= 15 is 0 Å². The van der Waals surface area contributed by atoms with Crippen LogP contribution in [0.5, 0.6) is 0 Å². The zero-order chi connectivity index (χ0) is 17.9. The molecule has 0 aliphatic rings. The fraction of sp³-hybridized carbons (Fsp3) is 0.0500. The van der Waals surface area contributed by atoms with E-state index in [1.165, 1.54) is 0 Å². The number of benzene rings is 2. The zero-order valence-electron chi connectivity index (χ0n) is 13.8. The van der Waals surface area contributed by atoms with Gasteiger partial charge in [0.15, 0.2) is 5.65 Å². The molecule has 0 fully saturated rings. The van der Waals surface area contributed by atoms with Crippen molar-refractivity contribution in [3.05, 3.63) is 82.9 Å². The molecule has 0 aliphatic carbocycles. The second-order valence-electron chi connectivity index (χ2n) is 5.85. The summed E-state index contributed by atoms with van der Waals surface area (Å²) in [4.78, 5) is 22.4. The van der Waals surface area contributed by atoms with Crippen molar-refractivity contribution in [1.29, 1.82) is 0 Å². The third kappa shape index (κ3) is 3.18. The Morgan fingerprint density at radius 2 is 1.85 bits per heavy atom. The number of H-pyrrole nitrogens is 1. The number of nitrogens with zero attached hydrogens (tertiary/aromatic N) is 2. The Hall–Kier alpha value is -3.51. The van der Waals surface area contributed by atoms with Crippen molar-refractivity contribution in [2.45, 2.75) is 6.61 Å². The Bertz CT molecular complexity index is 1120. The van der Waals surface area contributed by atoms with Crippen LogP contribution in [0.1, 0.15) is 5.56 Å². The number of fused-ring (bicyclic) bond motifs is 1. The highest BCUT2D eigenvalue weighted by atomic mass is 16.3. The molecule has 2 aromatic heterocycles. The van der Waals surface area contributed by atoms with Gasteiger partial charge in [0.05, 0.1) is 12.0 Å². The summed E-state index contributed by atoms with van der Waals surface area (Å²) in [7, 11) is 0. The topological polar surface area (TPSA) is 90.9 Å². The number of pyridine rings is 1. The van der Waals surface area contributed by atoms with Gasteiger partial charge in [0.25, 0.3) is 0 Å². The van der Waals surface area contributed by atoms with Crippen LogP contribution in [0.15, 0.2) is 71.7 Å². The van der Waals surface area contributed by atoms with Crippen molar-refractivity contribution in [1.82, 2.24) is 15.0 Å². The first-order valence-electron chi connectivity index (χ1n) is 8.15. The number of aliphatic hydroxyl groups is 1. The molecule has 6 heteroatoms. The van der Waals surface area contributed by atoms with E-state index in [0.29, 0.717) is 11.5 Å². The summed E-state index contributed by atoms with van der Waals surface area (Å²) < 4.78 is 0. The predicted octanol–water partition coefficient (Wildman–Crippen LogP) is 3.22. The van der Waals surface area contributed by atoms with Gasteiger partial charge in [-0.3, -0.25) is 4.98 Å². The van der Waals surface area contributed by atoms with Crippen LogP contribution in [0, 0.1) is 0 Å². The van der Waals surface area contributed by atoms with Crippen LogP contribution >= 0.6 is 0 Å². The summed E-state index contributed by atoms with van der Waals surface area (Å²) in [6, 6.07) is 19.3. The molecule has 4 rings (SSSR count). The van der Waals surface area contributed by atoms with Gasteiger partial charge in [0, 0.05) is 11.9 Å². The highest BCUT2D eigenvalue weighted by molar-refractivity contribution is 5.88. The lowest BCUT2D eigenvalue weighted by Gasteiger charge is -2.10. The van der Waals surface area contributed by atoms with Crippen molar-refractivity contribution in [3.63, 3.8) is 0 Å². The molecule has 6 nitrogen and oxygen atoms in total. The minimum absolute atomic E-state index is 0.0179. The molecule has 3 N–H and O–H groups in total. The average molecular weight is 344 g/mol. The van der Waals surface area contributed by atoms with Crippen LogP contribution in [0.25, 0.3) is 22.2 Å². The third-order valence-corrected chi connectivity index (χ3v) is 4.09. The van der Waals surface area contributed by atoms with Crippen LogP contribution in [0.2, 0.25) is 0 Å². The SMILES string of the molecule is O=c1nc2ncccc2c(Nc2ccc(-c3cccc(CO)c3)cc2)[nH]1. The monoisotopic (exact) mass is 344 g/mol. The molecular formula is C20H16N4O2. The summed E-state index contributed by atoms with van der Waals surface area (Å²) in [5, 5.41) is 13.2. The second-order valence-corrected chi connectivity index (χ2v) is 5.85.